The van der Waals surface area contributed by atoms with Crippen molar-refractivity contribution < 1.29 is 46.3 Å². The van der Waals surface area contributed by atoms with Gasteiger partial charge in [0.1, 0.15) is 30.7 Å². The summed E-state index contributed by atoms with van der Waals surface area (Å²) in [6.07, 6.45) is -3.61. The largest absolute Gasteiger partial charge is 0.748 e. The van der Waals surface area contributed by atoms with Crippen LogP contribution in [-0.4, -0.2) is 67.7 Å². The molecule has 168 valence electrons. The number of hydrogen-bond donors (Lipinski definition) is 0. The molecule has 2 bridgehead atoms. The Balaban J connectivity index is 1.53. The van der Waals surface area contributed by atoms with Crippen LogP contribution in [0.15, 0.2) is 12.1 Å². The number of ether oxygens (including phenoxy) is 4. The summed E-state index contributed by atoms with van der Waals surface area (Å²) < 4.78 is 56.1. The second-order valence-electron chi connectivity index (χ2n) is 7.07. The second kappa shape index (κ2) is 8.80. The zero-order valence-corrected chi connectivity index (χ0v) is 22.4. The fourth-order valence-electron chi connectivity index (χ4n) is 3.97. The van der Waals surface area contributed by atoms with Crippen LogP contribution in [0, 0.1) is 22.5 Å². The van der Waals surface area contributed by atoms with E-state index in [2.05, 4.69) is 45.2 Å². The molecular formula is C17H12I3O10S-. The van der Waals surface area contributed by atoms with E-state index in [1.54, 1.807) is 6.07 Å². The van der Waals surface area contributed by atoms with Gasteiger partial charge in [-0.05, 0) is 79.9 Å². The van der Waals surface area contributed by atoms with Crippen molar-refractivity contribution in [3.05, 3.63) is 28.4 Å². The van der Waals surface area contributed by atoms with Crippen molar-refractivity contribution in [2.75, 3.05) is 12.4 Å². The van der Waals surface area contributed by atoms with E-state index >= 15 is 0 Å². The third-order valence-electron chi connectivity index (χ3n) is 5.21. The molecule has 6 unspecified atom stereocenters. The predicted octanol–water partition coefficient (Wildman–Crippen LogP) is 1.05. The van der Waals surface area contributed by atoms with E-state index in [1.165, 1.54) is 0 Å². The first-order valence-corrected chi connectivity index (χ1v) is 13.6. The molecule has 10 nitrogen and oxygen atoms in total. The zero-order chi connectivity index (χ0) is 22.7. The Labute approximate surface area is 217 Å². The number of benzene rings is 1. The third-order valence-corrected chi connectivity index (χ3v) is 9.55. The van der Waals surface area contributed by atoms with Crippen LogP contribution < -0.4 is 0 Å². The molecule has 0 N–H and O–H groups in total. The van der Waals surface area contributed by atoms with Crippen molar-refractivity contribution in [1.29, 1.82) is 0 Å². The van der Waals surface area contributed by atoms with Crippen molar-refractivity contribution in [3.63, 3.8) is 0 Å². The minimum atomic E-state index is -4.57. The molecule has 0 saturated carbocycles. The summed E-state index contributed by atoms with van der Waals surface area (Å²) in [6.45, 7) is -0.646. The molecule has 0 spiro atoms. The first-order valence-electron chi connectivity index (χ1n) is 8.79. The molecule has 14 heteroatoms. The summed E-state index contributed by atoms with van der Waals surface area (Å²) in [6, 6.07) is 3.57. The molecule has 3 fully saturated rings. The highest BCUT2D eigenvalue weighted by Gasteiger charge is 2.72. The van der Waals surface area contributed by atoms with Crippen LogP contribution in [0.25, 0.3) is 0 Å². The van der Waals surface area contributed by atoms with Gasteiger partial charge in [0.2, 0.25) is 0 Å². The van der Waals surface area contributed by atoms with Crippen LogP contribution in [0.4, 0.5) is 0 Å². The molecule has 1 aromatic carbocycles. The molecule has 3 aliphatic heterocycles. The highest BCUT2D eigenvalue weighted by Crippen LogP contribution is 2.51. The van der Waals surface area contributed by atoms with Crippen molar-refractivity contribution in [2.24, 2.45) is 11.8 Å². The summed E-state index contributed by atoms with van der Waals surface area (Å²) in [5, 5.41) is 0. The molecule has 0 aromatic heterocycles. The zero-order valence-electron chi connectivity index (χ0n) is 15.2. The topological polar surface area (TPSA) is 145 Å². The van der Waals surface area contributed by atoms with Gasteiger partial charge in [0.05, 0.1) is 21.4 Å². The quantitative estimate of drug-likeness (QED) is 0.135. The first-order chi connectivity index (χ1) is 14.5. The minimum Gasteiger partial charge on any atom is -0.748 e. The second-order valence-corrected chi connectivity index (χ2v) is 12.1. The van der Waals surface area contributed by atoms with E-state index < -0.39 is 76.6 Å². The van der Waals surface area contributed by atoms with Gasteiger partial charge < -0.3 is 23.5 Å². The summed E-state index contributed by atoms with van der Waals surface area (Å²) in [5.74, 6) is -5.17. The molecule has 1 aromatic rings. The lowest BCUT2D eigenvalue weighted by Crippen LogP contribution is -2.48. The summed E-state index contributed by atoms with van der Waals surface area (Å²) in [4.78, 5) is 37.7. The summed E-state index contributed by atoms with van der Waals surface area (Å²) in [7, 11) is -4.57. The van der Waals surface area contributed by atoms with Crippen LogP contribution in [0.3, 0.4) is 0 Å². The van der Waals surface area contributed by atoms with E-state index in [0.717, 1.165) is 7.14 Å². The molecule has 0 aliphatic carbocycles. The van der Waals surface area contributed by atoms with Gasteiger partial charge in [0.25, 0.3) is 0 Å². The van der Waals surface area contributed by atoms with E-state index in [4.69, 9.17) is 18.9 Å². The maximum absolute atomic E-state index is 12.9. The van der Waals surface area contributed by atoms with Crippen LogP contribution in [0.1, 0.15) is 10.4 Å². The third kappa shape index (κ3) is 4.56. The monoisotopic (exact) mass is 789 g/mol. The Bertz CT molecular complexity index is 1070. The van der Waals surface area contributed by atoms with Crippen molar-refractivity contribution >= 4 is 95.8 Å². The number of fused-ring (bicyclic) bond motifs is 1. The van der Waals surface area contributed by atoms with Gasteiger partial charge in [-0.3, -0.25) is 9.59 Å². The fraction of sp³-hybridized carbons (Fsp3) is 0.471. The number of hydrogen-bond acceptors (Lipinski definition) is 10. The lowest BCUT2D eigenvalue weighted by Gasteiger charge is -2.27. The lowest BCUT2D eigenvalue weighted by molar-refractivity contribution is -0.155. The summed E-state index contributed by atoms with van der Waals surface area (Å²) >= 11 is 6.21. The molecule has 0 amide bonds. The van der Waals surface area contributed by atoms with E-state index in [-0.39, 0.29) is 0 Å². The molecule has 3 heterocycles. The van der Waals surface area contributed by atoms with Gasteiger partial charge >= 0.3 is 17.9 Å². The Kier molecular flexibility index (Phi) is 6.77. The summed E-state index contributed by atoms with van der Waals surface area (Å²) in [5.41, 5.74) is 0.334. The fourth-order valence-corrected chi connectivity index (χ4v) is 6.64. The van der Waals surface area contributed by atoms with E-state index in [9.17, 15) is 27.4 Å². The Morgan fingerprint density at radius 2 is 1.84 bits per heavy atom. The van der Waals surface area contributed by atoms with Crippen LogP contribution in [0.2, 0.25) is 0 Å². The maximum Gasteiger partial charge on any atom is 0.339 e. The maximum atomic E-state index is 12.9. The normalized spacial score (nSPS) is 30.9. The Morgan fingerprint density at radius 1 is 1.13 bits per heavy atom. The van der Waals surface area contributed by atoms with Crippen LogP contribution >= 0.6 is 67.8 Å². The standard InChI is InChI=1S/C17H13I3O10S/c18-5-3-6(10(20)7(19)4-5)15(21)29-13-11-8(16(22)27-1-2-31(24,25)26)9-12(28-11)14(13)30-17(9)23/h3-4,8-9,11-14H,1-2H2,(H,24,25,26)/p-1. The van der Waals surface area contributed by atoms with Gasteiger partial charge in [-0.25, -0.2) is 13.2 Å². The van der Waals surface area contributed by atoms with Gasteiger partial charge in [0, 0.05) is 10.7 Å². The van der Waals surface area contributed by atoms with Gasteiger partial charge in [-0.15, -0.1) is 0 Å². The van der Waals surface area contributed by atoms with Gasteiger partial charge in [0.15, 0.2) is 12.2 Å². The molecule has 3 saturated heterocycles. The van der Waals surface area contributed by atoms with Crippen molar-refractivity contribution in [2.45, 2.75) is 24.4 Å². The highest BCUT2D eigenvalue weighted by atomic mass is 127. The number of carbonyl (C=O) groups is 3. The SMILES string of the molecule is O=C(OC1C2OC(=O)C3C2OC1C3C(=O)OCCS(=O)(=O)[O-])c1cc(I)cc(I)c1I. The van der Waals surface area contributed by atoms with Crippen LogP contribution in [0.5, 0.6) is 0 Å². The number of halogens is 3. The molecule has 31 heavy (non-hydrogen) atoms. The van der Waals surface area contributed by atoms with E-state index in [0.29, 0.717) is 9.13 Å². The van der Waals surface area contributed by atoms with Crippen molar-refractivity contribution in [3.8, 4) is 0 Å². The van der Waals surface area contributed by atoms with Crippen LogP contribution in [-0.2, 0) is 38.7 Å². The smallest absolute Gasteiger partial charge is 0.339 e. The highest BCUT2D eigenvalue weighted by molar-refractivity contribution is 14.1. The number of rotatable bonds is 6. The Hall–Kier alpha value is -0.310. The minimum absolute atomic E-state index is 0.334. The van der Waals surface area contributed by atoms with Gasteiger partial charge in [-0.2, -0.15) is 0 Å². The predicted molar refractivity (Wildman–Crippen MR) is 125 cm³/mol. The average Bonchev–Trinajstić information content (AvgIpc) is 3.27. The molecule has 0 radical (unpaired) electrons. The Morgan fingerprint density at radius 3 is 2.52 bits per heavy atom. The molecular weight excluding hydrogens is 777 g/mol. The molecule has 6 atom stereocenters. The van der Waals surface area contributed by atoms with E-state index in [1.807, 2.05) is 28.7 Å². The molecule has 3 aliphatic rings. The average molecular weight is 789 g/mol. The van der Waals surface area contributed by atoms with Crippen molar-refractivity contribution in [1.82, 2.24) is 0 Å². The van der Waals surface area contributed by atoms with Gasteiger partial charge in [-0.1, -0.05) is 0 Å². The number of esters is 3. The number of carbonyl (C=O) groups excluding carboxylic acids is 3. The first kappa shape index (κ1) is 23.8. The lowest BCUT2D eigenvalue weighted by atomic mass is 9.78. The molecule has 4 rings (SSSR count).